The molecule has 0 aromatic heterocycles. The SMILES string of the molecule is CCCCC1CC(N)CS1. The maximum atomic E-state index is 5.78. The van der Waals surface area contributed by atoms with Crippen molar-refractivity contribution < 1.29 is 0 Å². The predicted molar refractivity (Wildman–Crippen MR) is 48.4 cm³/mol. The Labute approximate surface area is 67.8 Å². The third-order valence-corrected chi connectivity index (χ3v) is 3.51. The van der Waals surface area contributed by atoms with Crippen LogP contribution in [-0.4, -0.2) is 17.0 Å². The summed E-state index contributed by atoms with van der Waals surface area (Å²) in [4.78, 5) is 0. The van der Waals surface area contributed by atoms with Crippen molar-refractivity contribution in [3.05, 3.63) is 0 Å². The average molecular weight is 159 g/mol. The fourth-order valence-corrected chi connectivity index (χ4v) is 2.74. The maximum Gasteiger partial charge on any atom is 0.0141 e. The molecule has 0 aliphatic carbocycles. The lowest BCUT2D eigenvalue weighted by molar-refractivity contribution is 0.618. The van der Waals surface area contributed by atoms with E-state index in [4.69, 9.17) is 5.73 Å². The quantitative estimate of drug-likeness (QED) is 0.681. The van der Waals surface area contributed by atoms with Gasteiger partial charge in [-0.2, -0.15) is 11.8 Å². The molecule has 60 valence electrons. The van der Waals surface area contributed by atoms with Gasteiger partial charge in [-0.05, 0) is 12.8 Å². The van der Waals surface area contributed by atoms with E-state index in [1.54, 1.807) is 0 Å². The maximum absolute atomic E-state index is 5.78. The Hall–Kier alpha value is 0.310. The van der Waals surface area contributed by atoms with Gasteiger partial charge in [0, 0.05) is 17.0 Å². The molecule has 1 heterocycles. The third-order valence-electron chi connectivity index (χ3n) is 1.99. The molecule has 2 heteroatoms. The van der Waals surface area contributed by atoms with Crippen LogP contribution in [0.25, 0.3) is 0 Å². The number of nitrogens with two attached hydrogens (primary N) is 1. The van der Waals surface area contributed by atoms with Crippen molar-refractivity contribution in [3.8, 4) is 0 Å². The van der Waals surface area contributed by atoms with Crippen LogP contribution in [0.3, 0.4) is 0 Å². The number of hydrogen-bond donors (Lipinski definition) is 1. The largest absolute Gasteiger partial charge is 0.327 e. The second-order valence-electron chi connectivity index (χ2n) is 3.09. The van der Waals surface area contributed by atoms with Crippen LogP contribution >= 0.6 is 11.8 Å². The summed E-state index contributed by atoms with van der Waals surface area (Å²) in [6.07, 6.45) is 5.34. The van der Waals surface area contributed by atoms with E-state index >= 15 is 0 Å². The summed E-state index contributed by atoms with van der Waals surface area (Å²) in [5.41, 5.74) is 5.78. The fraction of sp³-hybridized carbons (Fsp3) is 1.00. The molecule has 1 rings (SSSR count). The Bertz CT molecular complexity index is 95.3. The monoisotopic (exact) mass is 159 g/mol. The van der Waals surface area contributed by atoms with E-state index in [1.165, 1.54) is 31.4 Å². The van der Waals surface area contributed by atoms with Gasteiger partial charge in [-0.3, -0.25) is 0 Å². The summed E-state index contributed by atoms with van der Waals surface area (Å²) < 4.78 is 0. The van der Waals surface area contributed by atoms with Crippen LogP contribution in [0, 0.1) is 0 Å². The van der Waals surface area contributed by atoms with Gasteiger partial charge in [0.1, 0.15) is 0 Å². The molecule has 2 N–H and O–H groups in total. The Balaban J connectivity index is 2.06. The zero-order valence-electron chi connectivity index (χ0n) is 6.68. The van der Waals surface area contributed by atoms with Crippen LogP contribution in [0.15, 0.2) is 0 Å². The Morgan fingerprint density at radius 3 is 2.90 bits per heavy atom. The predicted octanol–water partition coefficient (Wildman–Crippen LogP) is 2.01. The van der Waals surface area contributed by atoms with Crippen LogP contribution in [0.2, 0.25) is 0 Å². The molecule has 1 nitrogen and oxygen atoms in total. The standard InChI is InChI=1S/C8H17NS/c1-2-3-4-8-5-7(9)6-10-8/h7-8H,2-6,9H2,1H3. The van der Waals surface area contributed by atoms with Gasteiger partial charge in [0.15, 0.2) is 0 Å². The van der Waals surface area contributed by atoms with Crippen molar-refractivity contribution in [2.75, 3.05) is 5.75 Å². The van der Waals surface area contributed by atoms with Crippen molar-refractivity contribution in [2.24, 2.45) is 5.73 Å². The summed E-state index contributed by atoms with van der Waals surface area (Å²) in [6.45, 7) is 2.25. The second kappa shape index (κ2) is 4.24. The molecular formula is C8H17NS. The first-order valence-corrected chi connectivity index (χ1v) is 5.25. The normalized spacial score (nSPS) is 33.0. The lowest BCUT2D eigenvalue weighted by Gasteiger charge is -2.05. The van der Waals surface area contributed by atoms with Crippen molar-refractivity contribution in [3.63, 3.8) is 0 Å². The van der Waals surface area contributed by atoms with Crippen LogP contribution in [-0.2, 0) is 0 Å². The second-order valence-corrected chi connectivity index (χ2v) is 4.43. The molecule has 0 aromatic carbocycles. The van der Waals surface area contributed by atoms with Crippen molar-refractivity contribution in [2.45, 2.75) is 43.9 Å². The number of rotatable bonds is 3. The first-order valence-electron chi connectivity index (χ1n) is 4.20. The van der Waals surface area contributed by atoms with Gasteiger partial charge < -0.3 is 5.73 Å². The highest BCUT2D eigenvalue weighted by Crippen LogP contribution is 2.29. The molecule has 1 saturated heterocycles. The van der Waals surface area contributed by atoms with Gasteiger partial charge >= 0.3 is 0 Å². The zero-order valence-corrected chi connectivity index (χ0v) is 7.49. The van der Waals surface area contributed by atoms with Gasteiger partial charge in [0.05, 0.1) is 0 Å². The summed E-state index contributed by atoms with van der Waals surface area (Å²) in [6, 6.07) is 0.492. The van der Waals surface area contributed by atoms with Gasteiger partial charge in [0.25, 0.3) is 0 Å². The number of hydrogen-bond acceptors (Lipinski definition) is 2. The lowest BCUT2D eigenvalue weighted by Crippen LogP contribution is -2.18. The highest BCUT2D eigenvalue weighted by molar-refractivity contribution is 8.00. The van der Waals surface area contributed by atoms with E-state index in [1.807, 2.05) is 0 Å². The minimum atomic E-state index is 0.492. The number of unbranched alkanes of at least 4 members (excludes halogenated alkanes) is 1. The van der Waals surface area contributed by atoms with Crippen molar-refractivity contribution in [1.29, 1.82) is 0 Å². The summed E-state index contributed by atoms with van der Waals surface area (Å²) in [5.74, 6) is 1.19. The lowest BCUT2D eigenvalue weighted by atomic mass is 10.1. The van der Waals surface area contributed by atoms with E-state index in [2.05, 4.69) is 18.7 Å². The molecule has 0 radical (unpaired) electrons. The molecule has 0 spiro atoms. The van der Waals surface area contributed by atoms with Crippen LogP contribution in [0.5, 0.6) is 0 Å². The van der Waals surface area contributed by atoms with E-state index in [-0.39, 0.29) is 0 Å². The highest BCUT2D eigenvalue weighted by atomic mass is 32.2. The van der Waals surface area contributed by atoms with Crippen molar-refractivity contribution in [1.82, 2.24) is 0 Å². The van der Waals surface area contributed by atoms with E-state index < -0.39 is 0 Å². The summed E-state index contributed by atoms with van der Waals surface area (Å²) in [7, 11) is 0. The molecule has 1 fully saturated rings. The molecule has 1 aliphatic rings. The van der Waals surface area contributed by atoms with Crippen LogP contribution in [0.4, 0.5) is 0 Å². The van der Waals surface area contributed by atoms with Crippen LogP contribution < -0.4 is 5.73 Å². The summed E-state index contributed by atoms with van der Waals surface area (Å²) >= 11 is 2.07. The molecule has 2 unspecified atom stereocenters. The zero-order chi connectivity index (χ0) is 7.40. The molecule has 0 aromatic rings. The molecule has 0 bridgehead atoms. The molecular weight excluding hydrogens is 142 g/mol. The average Bonchev–Trinajstić information content (AvgIpc) is 2.31. The minimum absolute atomic E-state index is 0.492. The van der Waals surface area contributed by atoms with E-state index in [0.717, 1.165) is 5.25 Å². The summed E-state index contributed by atoms with van der Waals surface area (Å²) in [5, 5.41) is 0.884. The minimum Gasteiger partial charge on any atom is -0.327 e. The first kappa shape index (κ1) is 8.41. The smallest absolute Gasteiger partial charge is 0.0141 e. The Kier molecular flexibility index (Phi) is 3.57. The van der Waals surface area contributed by atoms with Gasteiger partial charge in [-0.15, -0.1) is 0 Å². The van der Waals surface area contributed by atoms with Gasteiger partial charge in [-0.25, -0.2) is 0 Å². The van der Waals surface area contributed by atoms with E-state index in [0.29, 0.717) is 6.04 Å². The van der Waals surface area contributed by atoms with Crippen LogP contribution in [0.1, 0.15) is 32.6 Å². The molecule has 2 atom stereocenters. The Morgan fingerprint density at radius 1 is 1.60 bits per heavy atom. The molecule has 0 saturated carbocycles. The molecule has 10 heavy (non-hydrogen) atoms. The van der Waals surface area contributed by atoms with E-state index in [9.17, 15) is 0 Å². The topological polar surface area (TPSA) is 26.0 Å². The third kappa shape index (κ3) is 2.51. The van der Waals surface area contributed by atoms with Crippen molar-refractivity contribution >= 4 is 11.8 Å². The molecule has 1 aliphatic heterocycles. The number of thioether (sulfide) groups is 1. The molecule has 0 amide bonds. The van der Waals surface area contributed by atoms with Gasteiger partial charge in [-0.1, -0.05) is 19.8 Å². The Morgan fingerprint density at radius 2 is 2.40 bits per heavy atom. The first-order chi connectivity index (χ1) is 4.83. The fourth-order valence-electron chi connectivity index (χ4n) is 1.37. The van der Waals surface area contributed by atoms with Gasteiger partial charge in [0.2, 0.25) is 0 Å². The highest BCUT2D eigenvalue weighted by Gasteiger charge is 2.20.